The van der Waals surface area contributed by atoms with Crippen LogP contribution in [0.2, 0.25) is 5.82 Å². The van der Waals surface area contributed by atoms with E-state index in [2.05, 4.69) is 34.6 Å². The van der Waals surface area contributed by atoms with Gasteiger partial charge in [-0.25, -0.2) is 0 Å². The molecule has 5 rings (SSSR count). The molecule has 0 aromatic rings. The quantitative estimate of drug-likeness (QED) is 0.731. The lowest BCUT2D eigenvalue weighted by atomic mass is 9.49. The van der Waals surface area contributed by atoms with Crippen molar-refractivity contribution in [2.24, 2.45) is 11.3 Å². The molecule has 124 valence electrons. The molecule has 2 bridgehead atoms. The third kappa shape index (κ3) is 2.21. The lowest BCUT2D eigenvalue weighted by molar-refractivity contribution is -0.179. The summed E-state index contributed by atoms with van der Waals surface area (Å²) in [7, 11) is -0.0523. The van der Waals surface area contributed by atoms with Gasteiger partial charge in [0.15, 0.2) is 0 Å². The van der Waals surface area contributed by atoms with Gasteiger partial charge < -0.3 is 14.0 Å². The van der Waals surface area contributed by atoms with Gasteiger partial charge in [0, 0.05) is 5.82 Å². The summed E-state index contributed by atoms with van der Waals surface area (Å²) in [5.74, 6) is 1.29. The van der Waals surface area contributed by atoms with Crippen LogP contribution in [0.5, 0.6) is 0 Å². The molecule has 3 nitrogen and oxygen atoms in total. The molecule has 4 heteroatoms. The second-order valence-corrected chi connectivity index (χ2v) is 9.59. The van der Waals surface area contributed by atoms with Crippen molar-refractivity contribution in [2.75, 3.05) is 6.61 Å². The average molecular weight is 306 g/mol. The number of hydrogen-bond acceptors (Lipinski definition) is 3. The lowest BCUT2D eigenvalue weighted by Gasteiger charge is -2.55. The Morgan fingerprint density at radius 2 is 1.41 bits per heavy atom. The van der Waals surface area contributed by atoms with Crippen LogP contribution >= 0.6 is 0 Å². The lowest BCUT2D eigenvalue weighted by Crippen LogP contribution is -2.54. The molecular weight excluding hydrogens is 275 g/mol. The van der Waals surface area contributed by atoms with Crippen LogP contribution in [-0.4, -0.2) is 30.5 Å². The van der Waals surface area contributed by atoms with Crippen LogP contribution < -0.4 is 0 Å². The van der Waals surface area contributed by atoms with Gasteiger partial charge in [-0.2, -0.15) is 0 Å². The van der Waals surface area contributed by atoms with E-state index in [1.807, 2.05) is 0 Å². The Bertz CT molecular complexity index is 428. The molecule has 5 fully saturated rings. The van der Waals surface area contributed by atoms with Crippen LogP contribution in [0.15, 0.2) is 0 Å². The van der Waals surface area contributed by atoms with Gasteiger partial charge in [0.25, 0.3) is 0 Å². The highest BCUT2D eigenvalue weighted by Crippen LogP contribution is 2.63. The molecule has 3 aliphatic heterocycles. The largest absolute Gasteiger partial charge is 0.462 e. The van der Waals surface area contributed by atoms with Crippen LogP contribution in [0.3, 0.4) is 0 Å². The molecule has 0 spiro atoms. The molecule has 3 saturated heterocycles. The van der Waals surface area contributed by atoms with Gasteiger partial charge in [-0.05, 0) is 71.6 Å². The molecule has 22 heavy (non-hydrogen) atoms. The highest BCUT2D eigenvalue weighted by Gasteiger charge is 2.63. The second-order valence-electron chi connectivity index (χ2n) is 9.59. The summed E-state index contributed by atoms with van der Waals surface area (Å²) in [6.45, 7) is 11.9. The first kappa shape index (κ1) is 15.5. The first-order chi connectivity index (χ1) is 10.2. The second kappa shape index (κ2) is 4.52. The number of ether oxygens (including phenoxy) is 1. The normalized spacial score (nSPS) is 44.3. The van der Waals surface area contributed by atoms with Crippen molar-refractivity contribution < 1.29 is 14.0 Å². The third-order valence-electron chi connectivity index (χ3n) is 7.41. The van der Waals surface area contributed by atoms with Crippen molar-refractivity contribution in [1.82, 2.24) is 0 Å². The van der Waals surface area contributed by atoms with Gasteiger partial charge in [0.2, 0.25) is 0 Å². The van der Waals surface area contributed by atoms with Crippen molar-refractivity contribution in [3.8, 4) is 0 Å². The first-order valence-electron chi connectivity index (χ1n) is 9.16. The Hall–Kier alpha value is -0.0551. The SMILES string of the molecule is CC12CCC(C(B3OC(C)(C)C(C)(C)O3)C3CC3)(CC1)CO2. The Kier molecular flexibility index (Phi) is 3.18. The maximum atomic E-state index is 6.47. The smallest absolute Gasteiger partial charge is 0.403 e. The van der Waals surface area contributed by atoms with Gasteiger partial charge >= 0.3 is 7.12 Å². The summed E-state index contributed by atoms with van der Waals surface area (Å²) >= 11 is 0. The van der Waals surface area contributed by atoms with Crippen molar-refractivity contribution in [3.05, 3.63) is 0 Å². The summed E-state index contributed by atoms with van der Waals surface area (Å²) in [5, 5.41) is 0. The molecule has 0 radical (unpaired) electrons. The fourth-order valence-electron chi connectivity index (χ4n) is 4.81. The maximum Gasteiger partial charge on any atom is 0.462 e. The fourth-order valence-corrected chi connectivity index (χ4v) is 4.81. The Morgan fingerprint density at radius 3 is 1.82 bits per heavy atom. The van der Waals surface area contributed by atoms with Crippen molar-refractivity contribution >= 4 is 7.12 Å². The van der Waals surface area contributed by atoms with Crippen LogP contribution in [0, 0.1) is 11.3 Å². The molecule has 1 unspecified atom stereocenters. The Balaban J connectivity index is 1.61. The minimum atomic E-state index is -0.222. The first-order valence-corrected chi connectivity index (χ1v) is 9.16. The predicted molar refractivity (Wildman–Crippen MR) is 87.8 cm³/mol. The molecule has 1 atom stereocenters. The van der Waals surface area contributed by atoms with E-state index in [0.29, 0.717) is 11.2 Å². The predicted octanol–water partition coefficient (Wildman–Crippen LogP) is 4.21. The molecular formula is C18H31BO3. The van der Waals surface area contributed by atoms with E-state index in [0.717, 1.165) is 12.5 Å². The summed E-state index contributed by atoms with van der Waals surface area (Å²) in [5.41, 5.74) is -0.00776. The fraction of sp³-hybridized carbons (Fsp3) is 1.00. The van der Waals surface area contributed by atoms with E-state index < -0.39 is 0 Å². The summed E-state index contributed by atoms with van der Waals surface area (Å²) in [6.07, 6.45) is 7.66. The van der Waals surface area contributed by atoms with E-state index in [1.165, 1.54) is 38.5 Å². The van der Waals surface area contributed by atoms with E-state index in [9.17, 15) is 0 Å². The zero-order chi connectivity index (χ0) is 15.8. The highest BCUT2D eigenvalue weighted by atomic mass is 16.7. The van der Waals surface area contributed by atoms with E-state index in [4.69, 9.17) is 14.0 Å². The topological polar surface area (TPSA) is 27.7 Å². The Morgan fingerprint density at radius 1 is 0.864 bits per heavy atom. The standard InChI is InChI=1S/C18H31BO3/c1-15(2)16(3,4)22-19(21-15)14(13-6-7-13)18-10-8-17(5,9-11-18)20-12-18/h13-14H,6-12H2,1-5H3. The minimum Gasteiger partial charge on any atom is -0.403 e. The van der Waals surface area contributed by atoms with Crippen molar-refractivity contribution in [3.63, 3.8) is 0 Å². The van der Waals surface area contributed by atoms with Crippen molar-refractivity contribution in [1.29, 1.82) is 0 Å². The van der Waals surface area contributed by atoms with Crippen LogP contribution in [0.1, 0.15) is 73.1 Å². The van der Waals surface area contributed by atoms with Gasteiger partial charge in [-0.15, -0.1) is 0 Å². The molecule has 0 aromatic heterocycles. The van der Waals surface area contributed by atoms with Gasteiger partial charge in [0.05, 0.1) is 23.4 Å². The third-order valence-corrected chi connectivity index (χ3v) is 7.41. The summed E-state index contributed by atoms with van der Waals surface area (Å²) < 4.78 is 19.2. The molecule has 0 amide bonds. The number of hydrogen-bond donors (Lipinski definition) is 0. The Labute approximate surface area is 135 Å². The zero-order valence-electron chi connectivity index (χ0n) is 14.9. The molecule has 0 N–H and O–H groups in total. The molecule has 3 heterocycles. The van der Waals surface area contributed by atoms with E-state index in [1.54, 1.807) is 0 Å². The zero-order valence-corrected chi connectivity index (χ0v) is 14.9. The molecule has 2 aliphatic carbocycles. The van der Waals surface area contributed by atoms with E-state index in [-0.39, 0.29) is 23.9 Å². The van der Waals surface area contributed by atoms with Crippen LogP contribution in [0.25, 0.3) is 0 Å². The molecule has 2 saturated carbocycles. The van der Waals surface area contributed by atoms with Gasteiger partial charge in [0.1, 0.15) is 0 Å². The van der Waals surface area contributed by atoms with Crippen molar-refractivity contribution in [2.45, 2.75) is 95.8 Å². The van der Waals surface area contributed by atoms with Crippen LogP contribution in [-0.2, 0) is 14.0 Å². The van der Waals surface area contributed by atoms with E-state index >= 15 is 0 Å². The monoisotopic (exact) mass is 306 g/mol. The maximum absolute atomic E-state index is 6.47. The van der Waals surface area contributed by atoms with Gasteiger partial charge in [-0.1, -0.05) is 12.8 Å². The highest BCUT2D eigenvalue weighted by molar-refractivity contribution is 6.48. The molecule has 5 aliphatic rings. The number of fused-ring (bicyclic) bond motifs is 3. The minimum absolute atomic E-state index is 0.0523. The average Bonchev–Trinajstić information content (AvgIpc) is 3.20. The van der Waals surface area contributed by atoms with Crippen LogP contribution in [0.4, 0.5) is 0 Å². The molecule has 0 aromatic carbocycles. The summed E-state index contributed by atoms with van der Waals surface area (Å²) in [6, 6.07) is 0. The summed E-state index contributed by atoms with van der Waals surface area (Å²) in [4.78, 5) is 0. The van der Waals surface area contributed by atoms with Gasteiger partial charge in [-0.3, -0.25) is 0 Å². The number of rotatable bonds is 3.